The number of nitrogens with two attached hydrogens (primary N) is 1. The standard InChI is InChI=1S/C11H10BrN3O2S/c1-17-9-3-2-6(12)4-7(9)14-10(16)8-5-18-11(13)15-8/h2-5H,1H3,(H2,13,15)(H,14,16). The second kappa shape index (κ2) is 5.36. The van der Waals surface area contributed by atoms with Crippen LogP contribution >= 0.6 is 27.3 Å². The number of hydrogen-bond acceptors (Lipinski definition) is 5. The summed E-state index contributed by atoms with van der Waals surface area (Å²) >= 11 is 4.56. The van der Waals surface area contributed by atoms with Crippen LogP contribution in [0.5, 0.6) is 5.75 Å². The molecule has 0 aliphatic carbocycles. The van der Waals surface area contributed by atoms with Crippen LogP contribution in [0.25, 0.3) is 0 Å². The number of anilines is 2. The number of nitrogens with zero attached hydrogens (tertiary/aromatic N) is 1. The molecule has 1 heterocycles. The summed E-state index contributed by atoms with van der Waals surface area (Å²) in [5, 5.41) is 4.70. The first-order valence-electron chi connectivity index (χ1n) is 4.96. The molecule has 2 aromatic rings. The van der Waals surface area contributed by atoms with Crippen molar-refractivity contribution in [1.82, 2.24) is 4.98 Å². The van der Waals surface area contributed by atoms with Gasteiger partial charge in [-0.15, -0.1) is 11.3 Å². The summed E-state index contributed by atoms with van der Waals surface area (Å²) in [5.41, 5.74) is 6.35. The van der Waals surface area contributed by atoms with Crippen molar-refractivity contribution in [2.75, 3.05) is 18.2 Å². The van der Waals surface area contributed by atoms with Crippen LogP contribution in [0, 0.1) is 0 Å². The fourth-order valence-corrected chi connectivity index (χ4v) is 2.26. The summed E-state index contributed by atoms with van der Waals surface area (Å²) < 4.78 is 6.01. The zero-order chi connectivity index (χ0) is 13.1. The molecule has 18 heavy (non-hydrogen) atoms. The fraction of sp³-hybridized carbons (Fsp3) is 0.0909. The number of ether oxygens (including phenoxy) is 1. The monoisotopic (exact) mass is 327 g/mol. The van der Waals surface area contributed by atoms with Crippen LogP contribution < -0.4 is 15.8 Å². The highest BCUT2D eigenvalue weighted by molar-refractivity contribution is 9.10. The molecule has 0 saturated carbocycles. The average molecular weight is 328 g/mol. The SMILES string of the molecule is COc1ccc(Br)cc1NC(=O)c1csc(N)n1. The Balaban J connectivity index is 2.23. The van der Waals surface area contributed by atoms with Gasteiger partial charge in [-0.1, -0.05) is 15.9 Å². The van der Waals surface area contributed by atoms with Crippen molar-refractivity contribution < 1.29 is 9.53 Å². The highest BCUT2D eigenvalue weighted by Gasteiger charge is 2.12. The zero-order valence-electron chi connectivity index (χ0n) is 9.44. The molecule has 0 bridgehead atoms. The largest absolute Gasteiger partial charge is 0.495 e. The molecular weight excluding hydrogens is 318 g/mol. The molecule has 1 amide bonds. The smallest absolute Gasteiger partial charge is 0.275 e. The number of carbonyl (C=O) groups excluding carboxylic acids is 1. The molecule has 0 fully saturated rings. The van der Waals surface area contributed by atoms with Crippen LogP contribution in [0.1, 0.15) is 10.5 Å². The fourth-order valence-electron chi connectivity index (χ4n) is 1.36. The summed E-state index contributed by atoms with van der Waals surface area (Å²) in [5.74, 6) is 0.258. The van der Waals surface area contributed by atoms with Crippen LogP contribution in [0.3, 0.4) is 0 Å². The number of benzene rings is 1. The number of aromatic nitrogens is 1. The molecule has 3 N–H and O–H groups in total. The molecule has 0 unspecified atom stereocenters. The van der Waals surface area contributed by atoms with Gasteiger partial charge in [0.25, 0.3) is 5.91 Å². The quantitative estimate of drug-likeness (QED) is 0.908. The molecule has 0 radical (unpaired) electrons. The summed E-state index contributed by atoms with van der Waals surface area (Å²) in [4.78, 5) is 15.8. The molecule has 0 saturated heterocycles. The summed E-state index contributed by atoms with van der Waals surface area (Å²) in [6.45, 7) is 0. The number of nitrogens with one attached hydrogen (secondary N) is 1. The minimum absolute atomic E-state index is 0.291. The Hall–Kier alpha value is -1.60. The molecule has 0 atom stereocenters. The van der Waals surface area contributed by atoms with E-state index >= 15 is 0 Å². The van der Waals surface area contributed by atoms with Crippen LogP contribution in [-0.4, -0.2) is 18.0 Å². The highest BCUT2D eigenvalue weighted by Crippen LogP contribution is 2.28. The Kier molecular flexibility index (Phi) is 3.83. The van der Waals surface area contributed by atoms with Gasteiger partial charge in [-0.25, -0.2) is 4.98 Å². The number of nitrogen functional groups attached to an aromatic ring is 1. The lowest BCUT2D eigenvalue weighted by Crippen LogP contribution is -2.13. The van der Waals surface area contributed by atoms with Crippen LogP contribution in [-0.2, 0) is 0 Å². The van der Waals surface area contributed by atoms with Gasteiger partial charge >= 0.3 is 0 Å². The van der Waals surface area contributed by atoms with Crippen molar-refractivity contribution in [2.24, 2.45) is 0 Å². The number of amides is 1. The summed E-state index contributed by atoms with van der Waals surface area (Å²) in [7, 11) is 1.54. The van der Waals surface area contributed by atoms with E-state index in [1.54, 1.807) is 24.6 Å². The number of thiazole rings is 1. The zero-order valence-corrected chi connectivity index (χ0v) is 11.8. The van der Waals surface area contributed by atoms with Crippen molar-refractivity contribution in [3.8, 4) is 5.75 Å². The van der Waals surface area contributed by atoms with Gasteiger partial charge in [-0.3, -0.25) is 4.79 Å². The van der Waals surface area contributed by atoms with E-state index in [1.165, 1.54) is 11.3 Å². The maximum absolute atomic E-state index is 11.9. The topological polar surface area (TPSA) is 77.2 Å². The summed E-state index contributed by atoms with van der Waals surface area (Å²) in [6, 6.07) is 5.34. The number of carbonyl (C=O) groups is 1. The third-order valence-corrected chi connectivity index (χ3v) is 3.33. The lowest BCUT2D eigenvalue weighted by molar-refractivity contribution is 0.102. The van der Waals surface area contributed by atoms with E-state index in [9.17, 15) is 4.79 Å². The summed E-state index contributed by atoms with van der Waals surface area (Å²) in [6.07, 6.45) is 0. The molecule has 5 nitrogen and oxygen atoms in total. The first kappa shape index (κ1) is 12.8. The molecular formula is C11H10BrN3O2S. The van der Waals surface area contributed by atoms with E-state index in [-0.39, 0.29) is 5.91 Å². The Morgan fingerprint density at radius 1 is 1.56 bits per heavy atom. The normalized spacial score (nSPS) is 10.1. The van der Waals surface area contributed by atoms with Crippen molar-refractivity contribution >= 4 is 44.0 Å². The Morgan fingerprint density at radius 2 is 2.33 bits per heavy atom. The first-order chi connectivity index (χ1) is 8.60. The molecule has 94 valence electrons. The molecule has 0 aliphatic rings. The van der Waals surface area contributed by atoms with Gasteiger partial charge in [0.1, 0.15) is 11.4 Å². The molecule has 1 aromatic carbocycles. The molecule has 1 aromatic heterocycles. The Morgan fingerprint density at radius 3 is 2.94 bits per heavy atom. The lowest BCUT2D eigenvalue weighted by Gasteiger charge is -2.09. The number of rotatable bonds is 3. The average Bonchev–Trinajstić information content (AvgIpc) is 2.76. The van der Waals surface area contributed by atoms with Gasteiger partial charge in [-0.05, 0) is 18.2 Å². The minimum atomic E-state index is -0.320. The van der Waals surface area contributed by atoms with Gasteiger partial charge in [0.05, 0.1) is 12.8 Å². The number of methoxy groups -OCH3 is 1. The molecule has 2 rings (SSSR count). The second-order valence-corrected chi connectivity index (χ2v) is 5.18. The van der Waals surface area contributed by atoms with E-state index in [1.807, 2.05) is 6.07 Å². The van der Waals surface area contributed by atoms with Crippen LogP contribution in [0.2, 0.25) is 0 Å². The number of halogens is 1. The Labute approximate surface area is 116 Å². The van der Waals surface area contributed by atoms with Gasteiger partial charge in [0.2, 0.25) is 0 Å². The van der Waals surface area contributed by atoms with E-state index in [2.05, 4.69) is 26.2 Å². The lowest BCUT2D eigenvalue weighted by atomic mass is 10.3. The van der Waals surface area contributed by atoms with Crippen LogP contribution in [0.15, 0.2) is 28.1 Å². The molecule has 0 aliphatic heterocycles. The maximum atomic E-state index is 11.9. The number of hydrogen-bond donors (Lipinski definition) is 2. The van der Waals surface area contributed by atoms with E-state index < -0.39 is 0 Å². The maximum Gasteiger partial charge on any atom is 0.275 e. The van der Waals surface area contributed by atoms with E-state index in [4.69, 9.17) is 10.5 Å². The highest BCUT2D eigenvalue weighted by atomic mass is 79.9. The minimum Gasteiger partial charge on any atom is -0.495 e. The van der Waals surface area contributed by atoms with Crippen molar-refractivity contribution in [2.45, 2.75) is 0 Å². The van der Waals surface area contributed by atoms with Crippen molar-refractivity contribution in [1.29, 1.82) is 0 Å². The predicted octanol–water partition coefficient (Wildman–Crippen LogP) is 2.75. The van der Waals surface area contributed by atoms with Gasteiger partial charge in [-0.2, -0.15) is 0 Å². The van der Waals surface area contributed by atoms with Crippen molar-refractivity contribution in [3.05, 3.63) is 33.7 Å². The third-order valence-electron chi connectivity index (χ3n) is 2.16. The molecule has 0 spiro atoms. The van der Waals surface area contributed by atoms with Gasteiger partial charge in [0.15, 0.2) is 5.13 Å². The first-order valence-corrected chi connectivity index (χ1v) is 6.63. The van der Waals surface area contributed by atoms with Gasteiger partial charge in [0, 0.05) is 9.85 Å². The predicted molar refractivity (Wildman–Crippen MR) is 75.2 cm³/mol. The molecule has 7 heteroatoms. The van der Waals surface area contributed by atoms with E-state index in [0.29, 0.717) is 22.3 Å². The Bertz CT molecular complexity index is 585. The van der Waals surface area contributed by atoms with Gasteiger partial charge < -0.3 is 15.8 Å². The van der Waals surface area contributed by atoms with Crippen molar-refractivity contribution in [3.63, 3.8) is 0 Å². The van der Waals surface area contributed by atoms with E-state index in [0.717, 1.165) is 4.47 Å². The third kappa shape index (κ3) is 2.80. The second-order valence-electron chi connectivity index (χ2n) is 3.37. The van der Waals surface area contributed by atoms with Crippen LogP contribution in [0.4, 0.5) is 10.8 Å².